The Kier molecular flexibility index (Phi) is 11.6. The zero-order valence-electron chi connectivity index (χ0n) is 29.0. The molecule has 1 aromatic heterocycles. The number of fused-ring (bicyclic) bond motifs is 1. The van der Waals surface area contributed by atoms with Crippen LogP contribution < -0.4 is 10.6 Å². The number of carbonyl (C=O) groups is 3. The largest absolute Gasteiger partial charge is 0.399 e. The smallest absolute Gasteiger partial charge is 0.254 e. The molecule has 260 valence electrons. The number of unbranched alkanes of at least 4 members (excludes halogenated alkanes) is 2. The summed E-state index contributed by atoms with van der Waals surface area (Å²) in [6.45, 7) is 7.57. The summed E-state index contributed by atoms with van der Waals surface area (Å²) in [7, 11) is 1.80. The Morgan fingerprint density at radius 2 is 1.88 bits per heavy atom. The zero-order chi connectivity index (χ0) is 35.9. The molecular weight excluding hydrogens is 652 g/mol. The summed E-state index contributed by atoms with van der Waals surface area (Å²) in [6, 6.07) is 18.8. The monoisotopic (exact) mass is 694 g/mol. The van der Waals surface area contributed by atoms with Gasteiger partial charge in [-0.05, 0) is 106 Å². The molecule has 2 N–H and O–H groups in total. The van der Waals surface area contributed by atoms with Crippen molar-refractivity contribution in [1.82, 2.24) is 15.0 Å². The molecule has 1 aliphatic rings. The molecule has 5 rings (SSSR count). The fourth-order valence-electron chi connectivity index (χ4n) is 6.67. The van der Waals surface area contributed by atoms with Crippen molar-refractivity contribution in [2.45, 2.75) is 71.9 Å². The summed E-state index contributed by atoms with van der Waals surface area (Å²) in [4.78, 5) is 43.3. The Morgan fingerprint density at radius 1 is 1.10 bits per heavy atom. The van der Waals surface area contributed by atoms with Crippen LogP contribution in [0.2, 0.25) is 5.02 Å². The van der Waals surface area contributed by atoms with E-state index in [0.717, 1.165) is 70.6 Å². The van der Waals surface area contributed by atoms with E-state index >= 15 is 0 Å². The lowest BCUT2D eigenvalue weighted by Gasteiger charge is -2.28. The van der Waals surface area contributed by atoms with Gasteiger partial charge in [0.2, 0.25) is 5.91 Å². The molecule has 1 unspecified atom stereocenters. The van der Waals surface area contributed by atoms with Gasteiger partial charge in [-0.2, -0.15) is 5.26 Å². The lowest BCUT2D eigenvalue weighted by atomic mass is 10.00. The van der Waals surface area contributed by atoms with Crippen LogP contribution in [0, 0.1) is 32.1 Å². The van der Waals surface area contributed by atoms with E-state index in [2.05, 4.69) is 41.2 Å². The third-order valence-electron chi connectivity index (χ3n) is 9.47. The Hall–Kier alpha value is -5.14. The number of aryl methyl sites for hydroxylation is 3. The third kappa shape index (κ3) is 8.01. The molecule has 0 spiro atoms. The summed E-state index contributed by atoms with van der Waals surface area (Å²) in [5, 5.41) is 14.0. The first kappa shape index (κ1) is 36.1. The van der Waals surface area contributed by atoms with Gasteiger partial charge in [-0.3, -0.25) is 9.59 Å². The van der Waals surface area contributed by atoms with Gasteiger partial charge in [0.1, 0.15) is 18.1 Å². The Bertz CT molecular complexity index is 1910. The van der Waals surface area contributed by atoms with Crippen molar-refractivity contribution in [2.24, 2.45) is 0 Å². The number of anilines is 3. The molecule has 1 atom stereocenters. The minimum Gasteiger partial charge on any atom is -0.399 e. The first-order valence-corrected chi connectivity index (χ1v) is 17.3. The number of aromatic nitrogens is 1. The van der Waals surface area contributed by atoms with Gasteiger partial charge in [0.05, 0.1) is 16.3 Å². The first-order valence-electron chi connectivity index (χ1n) is 16.9. The second-order valence-corrected chi connectivity index (χ2v) is 13.4. The Labute approximate surface area is 298 Å². The summed E-state index contributed by atoms with van der Waals surface area (Å²) in [6.07, 6.45) is 4.16. The number of hydrogen-bond donors (Lipinski definition) is 1. The van der Waals surface area contributed by atoms with E-state index in [1.54, 1.807) is 41.1 Å². The second kappa shape index (κ2) is 16.0. The molecule has 0 radical (unpaired) electrons. The Balaban J connectivity index is 1.19. The molecule has 0 saturated carbocycles. The van der Waals surface area contributed by atoms with Crippen molar-refractivity contribution in [1.29, 1.82) is 5.26 Å². The van der Waals surface area contributed by atoms with E-state index in [0.29, 0.717) is 47.9 Å². The predicted octanol–water partition coefficient (Wildman–Crippen LogP) is 7.53. The zero-order valence-corrected chi connectivity index (χ0v) is 29.8. The molecule has 3 aromatic carbocycles. The van der Waals surface area contributed by atoms with Gasteiger partial charge in [0.25, 0.3) is 5.91 Å². The fraction of sp³-hybridized carbons (Fsp3) is 0.359. The van der Waals surface area contributed by atoms with E-state index in [-0.39, 0.29) is 30.7 Å². The van der Waals surface area contributed by atoms with Crippen LogP contribution in [0.15, 0.2) is 59.1 Å². The third-order valence-corrected chi connectivity index (χ3v) is 9.78. The molecule has 2 amide bonds. The number of aldehydes is 1. The van der Waals surface area contributed by atoms with Crippen LogP contribution in [0.1, 0.15) is 77.0 Å². The predicted molar refractivity (Wildman–Crippen MR) is 195 cm³/mol. The van der Waals surface area contributed by atoms with Crippen LogP contribution in [0.25, 0.3) is 11.1 Å². The highest BCUT2D eigenvalue weighted by Crippen LogP contribution is 2.36. The normalized spacial score (nSPS) is 12.8. The number of carbonyl (C=O) groups excluding carboxylic acids is 3. The minimum absolute atomic E-state index is 0.0186. The number of halogens is 1. The van der Waals surface area contributed by atoms with E-state index in [1.807, 2.05) is 26.0 Å². The number of nitrogens with zero attached hydrogens (tertiary/aromatic N) is 5. The lowest BCUT2D eigenvalue weighted by Crippen LogP contribution is -2.37. The quantitative estimate of drug-likeness (QED) is 0.0766. The highest BCUT2D eigenvalue weighted by molar-refractivity contribution is 6.32. The molecule has 11 heteroatoms. The van der Waals surface area contributed by atoms with Crippen molar-refractivity contribution >= 4 is 46.8 Å². The van der Waals surface area contributed by atoms with Crippen molar-refractivity contribution in [3.63, 3.8) is 0 Å². The molecule has 0 bridgehead atoms. The van der Waals surface area contributed by atoms with E-state index in [9.17, 15) is 19.6 Å². The number of rotatable bonds is 15. The molecule has 50 heavy (non-hydrogen) atoms. The van der Waals surface area contributed by atoms with E-state index < -0.39 is 0 Å². The number of nitriles is 1. The maximum absolute atomic E-state index is 13.1. The van der Waals surface area contributed by atoms with Crippen molar-refractivity contribution < 1.29 is 18.9 Å². The number of nitrogen functional groups attached to an aromatic ring is 1. The molecule has 0 fully saturated rings. The fourth-order valence-corrected chi connectivity index (χ4v) is 6.89. The van der Waals surface area contributed by atoms with Crippen LogP contribution in [-0.4, -0.2) is 59.2 Å². The summed E-state index contributed by atoms with van der Waals surface area (Å²) in [5.74, 6) is 0.606. The molecule has 0 saturated heterocycles. The molecule has 10 nitrogen and oxygen atoms in total. The maximum atomic E-state index is 13.1. The SMILES string of the molecule is Cc1ccc(-c2c(C)noc2C)cc1N(CCCCCN(C)C(=O)CCC(CC=O)N1Cc2cc(N)ccc2C1=O)c1ccc(C#N)c(Cl)c1. The molecule has 4 aromatic rings. The number of benzene rings is 3. The minimum atomic E-state index is -0.354. The highest BCUT2D eigenvalue weighted by atomic mass is 35.5. The average molecular weight is 695 g/mol. The maximum Gasteiger partial charge on any atom is 0.254 e. The van der Waals surface area contributed by atoms with Gasteiger partial charge in [-0.15, -0.1) is 0 Å². The van der Waals surface area contributed by atoms with Gasteiger partial charge in [0, 0.05) is 73.8 Å². The van der Waals surface area contributed by atoms with Crippen LogP contribution in [0.4, 0.5) is 17.1 Å². The van der Waals surface area contributed by atoms with Gasteiger partial charge in [-0.1, -0.05) is 28.9 Å². The van der Waals surface area contributed by atoms with Crippen LogP contribution in [0.5, 0.6) is 0 Å². The summed E-state index contributed by atoms with van der Waals surface area (Å²) < 4.78 is 5.44. The molecular formula is C39H43ClN6O4. The van der Waals surface area contributed by atoms with Crippen molar-refractivity contribution in [3.8, 4) is 17.2 Å². The molecule has 0 aliphatic carbocycles. The van der Waals surface area contributed by atoms with Crippen LogP contribution in [-0.2, 0) is 16.1 Å². The van der Waals surface area contributed by atoms with E-state index in [4.69, 9.17) is 21.9 Å². The number of amides is 2. The number of hydrogen-bond acceptors (Lipinski definition) is 8. The van der Waals surface area contributed by atoms with Gasteiger partial charge in [-0.25, -0.2) is 0 Å². The second-order valence-electron chi connectivity index (χ2n) is 12.9. The van der Waals surface area contributed by atoms with Crippen molar-refractivity contribution in [3.05, 3.63) is 93.3 Å². The Morgan fingerprint density at radius 3 is 2.58 bits per heavy atom. The molecule has 2 heterocycles. The van der Waals surface area contributed by atoms with Crippen LogP contribution in [0.3, 0.4) is 0 Å². The lowest BCUT2D eigenvalue weighted by molar-refractivity contribution is -0.130. The summed E-state index contributed by atoms with van der Waals surface area (Å²) >= 11 is 6.49. The van der Waals surface area contributed by atoms with Crippen molar-refractivity contribution in [2.75, 3.05) is 30.8 Å². The van der Waals surface area contributed by atoms with Gasteiger partial charge >= 0.3 is 0 Å². The van der Waals surface area contributed by atoms with Crippen LogP contribution >= 0.6 is 11.6 Å². The number of nitrogens with two attached hydrogens (primary N) is 1. The van der Waals surface area contributed by atoms with E-state index in [1.165, 1.54) is 0 Å². The average Bonchev–Trinajstić information content (AvgIpc) is 3.61. The highest BCUT2D eigenvalue weighted by Gasteiger charge is 2.33. The van der Waals surface area contributed by atoms with Gasteiger partial charge in [0.15, 0.2) is 0 Å². The summed E-state index contributed by atoms with van der Waals surface area (Å²) in [5.41, 5.74) is 14.1. The standard InChI is InChI=1S/C39H43ClN6O4/c1-25-8-9-28(38-26(2)43-50-27(38)3)21-36(25)45(33-12-10-29(23-41)35(40)22-33)18-7-5-6-17-44(4)37(48)15-13-32(16-19-47)46-24-30-20-31(42)11-14-34(30)39(46)49/h8-12,14,19-22,32H,5-7,13,15-18,24,42H2,1-4H3. The van der Waals surface area contributed by atoms with Gasteiger partial charge < -0.3 is 29.8 Å². The topological polar surface area (TPSA) is 137 Å². The first-order chi connectivity index (χ1) is 24.0. The molecule has 1 aliphatic heterocycles.